The number of ether oxygens (including phenoxy) is 1. The summed E-state index contributed by atoms with van der Waals surface area (Å²) < 4.78 is 11.0. The van der Waals surface area contributed by atoms with Crippen molar-refractivity contribution in [3.05, 3.63) is 48.7 Å². The van der Waals surface area contributed by atoms with Gasteiger partial charge in [-0.15, -0.1) is 10.2 Å². The molecule has 1 aliphatic rings. The highest BCUT2D eigenvalue weighted by Crippen LogP contribution is 2.30. The molecule has 1 aliphatic heterocycles. The minimum Gasteiger partial charge on any atom is -0.480 e. The first kappa shape index (κ1) is 13.4. The van der Waals surface area contributed by atoms with Crippen molar-refractivity contribution in [1.29, 1.82) is 0 Å². The molecular weight excluding hydrogens is 298 g/mol. The average Bonchev–Trinajstić information content (AvgIpc) is 3.07. The number of hydrogen-bond donors (Lipinski definition) is 0. The SMILES string of the molecule is O=C1COc2cccnc2N1Cc1nnc(-c2cccnc2)o1. The van der Waals surface area contributed by atoms with E-state index in [2.05, 4.69) is 20.2 Å². The van der Waals surface area contributed by atoms with E-state index >= 15 is 0 Å². The Kier molecular flexibility index (Phi) is 3.19. The second-order valence-electron chi connectivity index (χ2n) is 4.84. The van der Waals surface area contributed by atoms with Crippen LogP contribution in [0.3, 0.4) is 0 Å². The average molecular weight is 309 g/mol. The fraction of sp³-hybridized carbons (Fsp3) is 0.133. The number of carbonyl (C=O) groups is 1. The number of carbonyl (C=O) groups excluding carboxylic acids is 1. The van der Waals surface area contributed by atoms with Gasteiger partial charge in [0.05, 0.1) is 5.56 Å². The summed E-state index contributed by atoms with van der Waals surface area (Å²) in [6.07, 6.45) is 4.90. The van der Waals surface area contributed by atoms with Gasteiger partial charge in [-0.2, -0.15) is 0 Å². The number of anilines is 1. The molecule has 8 nitrogen and oxygen atoms in total. The Labute approximate surface area is 130 Å². The van der Waals surface area contributed by atoms with Crippen molar-refractivity contribution in [2.75, 3.05) is 11.5 Å². The quantitative estimate of drug-likeness (QED) is 0.722. The molecule has 4 rings (SSSR count). The van der Waals surface area contributed by atoms with E-state index in [9.17, 15) is 4.79 Å². The molecule has 3 aromatic rings. The number of hydrogen-bond acceptors (Lipinski definition) is 7. The van der Waals surface area contributed by atoms with Crippen LogP contribution >= 0.6 is 0 Å². The standard InChI is InChI=1S/C15H11N5O3/c21-13-9-22-11-4-2-6-17-14(11)20(13)8-12-18-19-15(23-12)10-3-1-5-16-7-10/h1-7H,8-9H2. The molecule has 3 aromatic heterocycles. The molecule has 0 bridgehead atoms. The number of pyridine rings is 2. The lowest BCUT2D eigenvalue weighted by Crippen LogP contribution is -2.38. The monoisotopic (exact) mass is 309 g/mol. The van der Waals surface area contributed by atoms with Crippen molar-refractivity contribution in [3.63, 3.8) is 0 Å². The molecule has 0 aliphatic carbocycles. The van der Waals surface area contributed by atoms with Crippen LogP contribution in [0.5, 0.6) is 5.75 Å². The van der Waals surface area contributed by atoms with Gasteiger partial charge in [-0.05, 0) is 24.3 Å². The molecule has 8 heteroatoms. The zero-order valence-corrected chi connectivity index (χ0v) is 11.9. The van der Waals surface area contributed by atoms with Crippen LogP contribution in [0.15, 0.2) is 47.3 Å². The van der Waals surface area contributed by atoms with E-state index in [-0.39, 0.29) is 19.1 Å². The summed E-state index contributed by atoms with van der Waals surface area (Å²) in [5, 5.41) is 7.97. The van der Waals surface area contributed by atoms with Crippen molar-refractivity contribution in [2.45, 2.75) is 6.54 Å². The highest BCUT2D eigenvalue weighted by Gasteiger charge is 2.28. The fourth-order valence-electron chi connectivity index (χ4n) is 2.25. The molecule has 0 saturated heterocycles. The van der Waals surface area contributed by atoms with Gasteiger partial charge in [0.2, 0.25) is 11.8 Å². The van der Waals surface area contributed by atoms with Crippen LogP contribution in [0.25, 0.3) is 11.5 Å². The van der Waals surface area contributed by atoms with E-state index in [1.54, 1.807) is 36.8 Å². The van der Waals surface area contributed by atoms with Gasteiger partial charge in [-0.1, -0.05) is 0 Å². The molecule has 114 valence electrons. The molecule has 0 radical (unpaired) electrons. The zero-order valence-electron chi connectivity index (χ0n) is 11.9. The first-order valence-corrected chi connectivity index (χ1v) is 6.92. The van der Waals surface area contributed by atoms with Crippen LogP contribution in [0.2, 0.25) is 0 Å². The minimum absolute atomic E-state index is 0.0394. The van der Waals surface area contributed by atoms with Crippen LogP contribution in [0, 0.1) is 0 Å². The molecule has 0 fully saturated rings. The van der Waals surface area contributed by atoms with Gasteiger partial charge in [-0.3, -0.25) is 14.7 Å². The number of nitrogens with zero attached hydrogens (tertiary/aromatic N) is 5. The van der Waals surface area contributed by atoms with Crippen LogP contribution in [-0.4, -0.2) is 32.7 Å². The summed E-state index contributed by atoms with van der Waals surface area (Å²) in [6.45, 7) is 0.0990. The number of amides is 1. The molecule has 1 amide bonds. The van der Waals surface area contributed by atoms with E-state index in [0.29, 0.717) is 23.3 Å². The van der Waals surface area contributed by atoms with E-state index in [0.717, 1.165) is 5.56 Å². The van der Waals surface area contributed by atoms with Gasteiger partial charge < -0.3 is 9.15 Å². The Bertz CT molecular complexity index is 849. The fourth-order valence-corrected chi connectivity index (χ4v) is 2.25. The summed E-state index contributed by atoms with van der Waals surface area (Å²) in [5.41, 5.74) is 0.720. The molecule has 0 spiro atoms. The topological polar surface area (TPSA) is 94.2 Å². The van der Waals surface area contributed by atoms with E-state index in [1.807, 2.05) is 6.07 Å². The largest absolute Gasteiger partial charge is 0.480 e. The van der Waals surface area contributed by atoms with Crippen LogP contribution in [0.4, 0.5) is 5.82 Å². The Morgan fingerprint density at radius 3 is 2.96 bits per heavy atom. The maximum atomic E-state index is 12.1. The Hall–Kier alpha value is -3.29. The molecule has 0 N–H and O–H groups in total. The Morgan fingerprint density at radius 1 is 1.17 bits per heavy atom. The lowest BCUT2D eigenvalue weighted by molar-refractivity contribution is -0.121. The predicted octanol–water partition coefficient (Wildman–Crippen LogP) is 1.45. The van der Waals surface area contributed by atoms with Crippen LogP contribution < -0.4 is 9.64 Å². The first-order valence-electron chi connectivity index (χ1n) is 6.92. The lowest BCUT2D eigenvalue weighted by Gasteiger charge is -2.26. The van der Waals surface area contributed by atoms with Gasteiger partial charge >= 0.3 is 0 Å². The minimum atomic E-state index is -0.211. The van der Waals surface area contributed by atoms with Crippen molar-refractivity contribution in [2.24, 2.45) is 0 Å². The molecular formula is C15H11N5O3. The van der Waals surface area contributed by atoms with Crippen molar-refractivity contribution >= 4 is 11.7 Å². The summed E-state index contributed by atoms with van der Waals surface area (Å²) in [4.78, 5) is 21.8. The summed E-state index contributed by atoms with van der Waals surface area (Å²) >= 11 is 0. The van der Waals surface area contributed by atoms with Crippen molar-refractivity contribution < 1.29 is 13.9 Å². The lowest BCUT2D eigenvalue weighted by atomic mass is 10.3. The second-order valence-corrected chi connectivity index (χ2v) is 4.84. The smallest absolute Gasteiger partial charge is 0.266 e. The van der Waals surface area contributed by atoms with Gasteiger partial charge in [0.1, 0.15) is 6.54 Å². The van der Waals surface area contributed by atoms with Gasteiger partial charge in [0, 0.05) is 18.6 Å². The first-order chi connectivity index (χ1) is 11.3. The Morgan fingerprint density at radius 2 is 2.09 bits per heavy atom. The van der Waals surface area contributed by atoms with E-state index in [1.165, 1.54) is 4.90 Å². The Balaban J connectivity index is 1.61. The molecule has 0 atom stereocenters. The molecule has 0 aromatic carbocycles. The highest BCUT2D eigenvalue weighted by molar-refractivity contribution is 5.96. The second kappa shape index (κ2) is 5.48. The maximum absolute atomic E-state index is 12.1. The number of fused-ring (bicyclic) bond motifs is 1. The molecule has 0 unspecified atom stereocenters. The van der Waals surface area contributed by atoms with Crippen molar-refractivity contribution in [1.82, 2.24) is 20.2 Å². The summed E-state index contributed by atoms with van der Waals surface area (Å²) in [5.74, 6) is 1.46. The van der Waals surface area contributed by atoms with Crippen LogP contribution in [0.1, 0.15) is 5.89 Å². The van der Waals surface area contributed by atoms with Crippen LogP contribution in [-0.2, 0) is 11.3 Å². The molecule has 0 saturated carbocycles. The third-order valence-corrected chi connectivity index (χ3v) is 3.33. The molecule has 4 heterocycles. The normalized spacial score (nSPS) is 13.6. The third kappa shape index (κ3) is 2.50. The van der Waals surface area contributed by atoms with Gasteiger partial charge in [0.25, 0.3) is 5.91 Å². The van der Waals surface area contributed by atoms with Gasteiger partial charge in [0.15, 0.2) is 18.2 Å². The van der Waals surface area contributed by atoms with E-state index in [4.69, 9.17) is 9.15 Å². The van der Waals surface area contributed by atoms with Crippen molar-refractivity contribution in [3.8, 4) is 17.2 Å². The number of aromatic nitrogens is 4. The zero-order chi connectivity index (χ0) is 15.6. The summed E-state index contributed by atoms with van der Waals surface area (Å²) in [6, 6.07) is 7.11. The van der Waals surface area contributed by atoms with E-state index < -0.39 is 0 Å². The summed E-state index contributed by atoms with van der Waals surface area (Å²) in [7, 11) is 0. The van der Waals surface area contributed by atoms with Gasteiger partial charge in [-0.25, -0.2) is 4.98 Å². The number of rotatable bonds is 3. The molecule has 23 heavy (non-hydrogen) atoms. The maximum Gasteiger partial charge on any atom is 0.266 e. The highest BCUT2D eigenvalue weighted by atomic mass is 16.5. The third-order valence-electron chi connectivity index (χ3n) is 3.33. The predicted molar refractivity (Wildman–Crippen MR) is 78.5 cm³/mol.